The van der Waals surface area contributed by atoms with E-state index in [4.69, 9.17) is 14.6 Å². The van der Waals surface area contributed by atoms with E-state index < -0.39 is 5.91 Å². The molecule has 3 N–H and O–H groups in total. The van der Waals surface area contributed by atoms with Crippen molar-refractivity contribution in [3.05, 3.63) is 35.7 Å². The molecule has 0 spiro atoms. The highest BCUT2D eigenvalue weighted by molar-refractivity contribution is 5.92. The Balaban J connectivity index is 1.53. The molecule has 2 aromatic rings. The molecule has 0 unspecified atom stereocenters. The van der Waals surface area contributed by atoms with Crippen LogP contribution in [0.15, 0.2) is 21.4 Å². The first kappa shape index (κ1) is 15.8. The van der Waals surface area contributed by atoms with Gasteiger partial charge in [-0.3, -0.25) is 9.59 Å². The van der Waals surface area contributed by atoms with Gasteiger partial charge in [0.2, 0.25) is 11.8 Å². The van der Waals surface area contributed by atoms with Crippen molar-refractivity contribution in [2.75, 3.05) is 13.1 Å². The first-order chi connectivity index (χ1) is 12.1. The van der Waals surface area contributed by atoms with E-state index in [1.165, 1.54) is 12.5 Å². The first-order valence-corrected chi connectivity index (χ1v) is 8.38. The van der Waals surface area contributed by atoms with Crippen LogP contribution in [0.4, 0.5) is 0 Å². The minimum absolute atomic E-state index is 0.0605. The third-order valence-electron chi connectivity index (χ3n) is 4.67. The van der Waals surface area contributed by atoms with Crippen LogP contribution in [0.3, 0.4) is 0 Å². The largest absolute Gasteiger partial charge is 0.446 e. The van der Waals surface area contributed by atoms with E-state index in [9.17, 15) is 9.59 Å². The van der Waals surface area contributed by atoms with Crippen LogP contribution in [0.25, 0.3) is 0 Å². The number of amides is 2. The van der Waals surface area contributed by atoms with Crippen LogP contribution < -0.4 is 11.1 Å². The summed E-state index contributed by atoms with van der Waals surface area (Å²) in [6.45, 7) is 1.50. The molecule has 9 heteroatoms. The lowest BCUT2D eigenvalue weighted by molar-refractivity contribution is 0.0709. The summed E-state index contributed by atoms with van der Waals surface area (Å²) in [7, 11) is 0. The van der Waals surface area contributed by atoms with Crippen molar-refractivity contribution in [1.82, 2.24) is 20.2 Å². The lowest BCUT2D eigenvalue weighted by Crippen LogP contribution is -2.31. The van der Waals surface area contributed by atoms with E-state index >= 15 is 0 Å². The van der Waals surface area contributed by atoms with Gasteiger partial charge in [0.1, 0.15) is 18.6 Å². The van der Waals surface area contributed by atoms with Crippen molar-refractivity contribution in [2.45, 2.75) is 37.8 Å². The molecule has 2 aliphatic rings. The Bertz CT molecular complexity index is 792. The predicted octanol–water partition coefficient (Wildman–Crippen LogP) is 1.16. The maximum absolute atomic E-state index is 12.8. The molecular formula is C16H19N5O4. The maximum Gasteiger partial charge on any atom is 0.276 e. The number of hydrogen-bond acceptors (Lipinski definition) is 7. The second kappa shape index (κ2) is 6.32. The Morgan fingerprint density at radius 3 is 2.60 bits per heavy atom. The van der Waals surface area contributed by atoms with Crippen molar-refractivity contribution in [3.63, 3.8) is 0 Å². The molecule has 0 saturated carbocycles. The monoisotopic (exact) mass is 345 g/mol. The fourth-order valence-corrected chi connectivity index (χ4v) is 3.41. The number of oxazole rings is 2. The van der Waals surface area contributed by atoms with Gasteiger partial charge < -0.3 is 24.8 Å². The van der Waals surface area contributed by atoms with Crippen molar-refractivity contribution in [2.24, 2.45) is 5.73 Å². The van der Waals surface area contributed by atoms with Gasteiger partial charge in [0, 0.05) is 6.54 Å². The average molecular weight is 345 g/mol. The van der Waals surface area contributed by atoms with Crippen LogP contribution in [-0.4, -0.2) is 39.8 Å². The van der Waals surface area contributed by atoms with Gasteiger partial charge in [-0.05, 0) is 32.2 Å². The summed E-state index contributed by atoms with van der Waals surface area (Å²) in [5, 5.41) is 3.29. The van der Waals surface area contributed by atoms with Crippen LogP contribution >= 0.6 is 0 Å². The standard InChI is InChI=1S/C16H19N5O4/c17-13(22)10-7-25-15(19-10)12-4-2-6-21(12)16(23)11-8-24-14(20-11)9-3-1-5-18-9/h7-9,12,18H,1-6H2,(H2,17,22)/t9-,12-/m0/s1. The molecule has 0 aliphatic carbocycles. The summed E-state index contributed by atoms with van der Waals surface area (Å²) in [6, 6.07) is -0.258. The third kappa shape index (κ3) is 2.91. The van der Waals surface area contributed by atoms with Crippen LogP contribution in [0.1, 0.15) is 70.5 Å². The van der Waals surface area contributed by atoms with Crippen LogP contribution in [0.5, 0.6) is 0 Å². The lowest BCUT2D eigenvalue weighted by Gasteiger charge is -2.20. The van der Waals surface area contributed by atoms with Gasteiger partial charge in [0.25, 0.3) is 11.8 Å². The normalized spacial score (nSPS) is 23.3. The van der Waals surface area contributed by atoms with E-state index in [2.05, 4.69) is 15.3 Å². The van der Waals surface area contributed by atoms with Crippen molar-refractivity contribution in [3.8, 4) is 0 Å². The number of nitrogens with two attached hydrogens (primary N) is 1. The molecule has 132 valence electrons. The summed E-state index contributed by atoms with van der Waals surface area (Å²) >= 11 is 0. The maximum atomic E-state index is 12.8. The number of carbonyl (C=O) groups excluding carboxylic acids is 2. The minimum atomic E-state index is -0.656. The van der Waals surface area contributed by atoms with Gasteiger partial charge in [-0.2, -0.15) is 0 Å². The number of carbonyl (C=O) groups is 2. The number of hydrogen-bond donors (Lipinski definition) is 2. The highest BCUT2D eigenvalue weighted by Crippen LogP contribution is 2.33. The molecule has 4 heterocycles. The molecule has 0 radical (unpaired) electrons. The van der Waals surface area contributed by atoms with E-state index in [-0.39, 0.29) is 29.4 Å². The summed E-state index contributed by atoms with van der Waals surface area (Å²) in [5.41, 5.74) is 5.54. The number of nitrogens with zero attached hydrogens (tertiary/aromatic N) is 3. The van der Waals surface area contributed by atoms with E-state index in [1.54, 1.807) is 4.90 Å². The number of rotatable bonds is 4. The summed E-state index contributed by atoms with van der Waals surface area (Å²) < 4.78 is 10.8. The zero-order valence-corrected chi connectivity index (χ0v) is 13.6. The highest BCUT2D eigenvalue weighted by atomic mass is 16.3. The van der Waals surface area contributed by atoms with Crippen LogP contribution in [-0.2, 0) is 0 Å². The van der Waals surface area contributed by atoms with Crippen molar-refractivity contribution in [1.29, 1.82) is 0 Å². The second-order valence-corrected chi connectivity index (χ2v) is 6.31. The molecule has 25 heavy (non-hydrogen) atoms. The van der Waals surface area contributed by atoms with Gasteiger partial charge in [-0.15, -0.1) is 0 Å². The molecule has 0 aromatic carbocycles. The van der Waals surface area contributed by atoms with E-state index in [0.29, 0.717) is 24.7 Å². The molecule has 2 aromatic heterocycles. The van der Waals surface area contributed by atoms with Crippen LogP contribution in [0.2, 0.25) is 0 Å². The number of primary amides is 1. The fourth-order valence-electron chi connectivity index (χ4n) is 3.41. The Hall–Kier alpha value is -2.68. The summed E-state index contributed by atoms with van der Waals surface area (Å²) in [5.74, 6) is -0.0186. The van der Waals surface area contributed by atoms with Crippen molar-refractivity contribution >= 4 is 11.8 Å². The molecule has 0 bridgehead atoms. The molecule has 2 fully saturated rings. The van der Waals surface area contributed by atoms with Crippen molar-refractivity contribution < 1.29 is 18.4 Å². The van der Waals surface area contributed by atoms with E-state index in [1.807, 2.05) is 0 Å². The smallest absolute Gasteiger partial charge is 0.276 e. The Morgan fingerprint density at radius 2 is 1.88 bits per heavy atom. The van der Waals surface area contributed by atoms with Gasteiger partial charge in [0.05, 0.1) is 6.04 Å². The molecule has 4 rings (SSSR count). The van der Waals surface area contributed by atoms with Gasteiger partial charge in [-0.25, -0.2) is 9.97 Å². The first-order valence-electron chi connectivity index (χ1n) is 8.38. The average Bonchev–Trinajstić information content (AvgIpc) is 3.41. The minimum Gasteiger partial charge on any atom is -0.446 e. The molecule has 9 nitrogen and oxygen atoms in total. The number of nitrogens with one attached hydrogen (secondary N) is 1. The SMILES string of the molecule is NC(=O)c1coc([C@@H]2CCCN2C(=O)c2coc([C@@H]3CCCN3)n2)n1. The molecule has 2 amide bonds. The number of aromatic nitrogens is 2. The molecule has 2 atom stereocenters. The molecular weight excluding hydrogens is 326 g/mol. The van der Waals surface area contributed by atoms with E-state index in [0.717, 1.165) is 25.8 Å². The van der Waals surface area contributed by atoms with Gasteiger partial charge >= 0.3 is 0 Å². The Morgan fingerprint density at radius 1 is 1.12 bits per heavy atom. The highest BCUT2D eigenvalue weighted by Gasteiger charge is 2.35. The summed E-state index contributed by atoms with van der Waals surface area (Å²) in [6.07, 6.45) is 6.17. The van der Waals surface area contributed by atoms with Crippen LogP contribution in [0, 0.1) is 0 Å². The molecule has 2 aliphatic heterocycles. The predicted molar refractivity (Wildman–Crippen MR) is 84.5 cm³/mol. The lowest BCUT2D eigenvalue weighted by atomic mass is 10.2. The third-order valence-corrected chi connectivity index (χ3v) is 4.67. The second-order valence-electron chi connectivity index (χ2n) is 6.31. The molecule has 2 saturated heterocycles. The fraction of sp³-hybridized carbons (Fsp3) is 0.500. The zero-order valence-electron chi connectivity index (χ0n) is 13.6. The summed E-state index contributed by atoms with van der Waals surface area (Å²) in [4.78, 5) is 34.1. The number of likely N-dealkylation sites (tertiary alicyclic amines) is 1. The van der Waals surface area contributed by atoms with Gasteiger partial charge in [-0.1, -0.05) is 0 Å². The topological polar surface area (TPSA) is 127 Å². The van der Waals surface area contributed by atoms with Gasteiger partial charge in [0.15, 0.2) is 11.4 Å². The quantitative estimate of drug-likeness (QED) is 0.851. The Kier molecular flexibility index (Phi) is 4.00. The Labute approximate surface area is 143 Å². The zero-order chi connectivity index (χ0) is 17.4.